The second-order valence-electron chi connectivity index (χ2n) is 6.29. The summed E-state index contributed by atoms with van der Waals surface area (Å²) >= 11 is 1.73. The van der Waals surface area contributed by atoms with Crippen LogP contribution in [-0.2, 0) is 4.79 Å². The SMILES string of the molecule is CSCC[C@H](N)C(=O)NC1CCN(C(C)c2ccccc2)CC1. The first-order valence-corrected chi connectivity index (χ1v) is 9.85. The number of carbonyl (C=O) groups is 1. The summed E-state index contributed by atoms with van der Waals surface area (Å²) in [5.74, 6) is 0.940. The zero-order valence-corrected chi connectivity index (χ0v) is 15.0. The lowest BCUT2D eigenvalue weighted by molar-refractivity contribution is -0.123. The van der Waals surface area contributed by atoms with E-state index >= 15 is 0 Å². The summed E-state index contributed by atoms with van der Waals surface area (Å²) in [4.78, 5) is 14.6. The highest BCUT2D eigenvalue weighted by atomic mass is 32.2. The van der Waals surface area contributed by atoms with Crippen molar-refractivity contribution in [2.24, 2.45) is 5.73 Å². The average molecular weight is 336 g/mol. The molecular formula is C18H29N3OS. The minimum Gasteiger partial charge on any atom is -0.352 e. The molecule has 3 N–H and O–H groups in total. The van der Waals surface area contributed by atoms with Crippen molar-refractivity contribution < 1.29 is 4.79 Å². The molecule has 0 saturated carbocycles. The average Bonchev–Trinajstić information content (AvgIpc) is 2.60. The highest BCUT2D eigenvalue weighted by Gasteiger charge is 2.25. The van der Waals surface area contributed by atoms with Gasteiger partial charge in [0.05, 0.1) is 6.04 Å². The first kappa shape index (κ1) is 18.3. The van der Waals surface area contributed by atoms with E-state index < -0.39 is 0 Å². The van der Waals surface area contributed by atoms with Crippen LogP contribution in [0.25, 0.3) is 0 Å². The maximum absolute atomic E-state index is 12.1. The Bertz CT molecular complexity index is 474. The first-order chi connectivity index (χ1) is 11.1. The number of nitrogens with two attached hydrogens (primary N) is 1. The Morgan fingerprint density at radius 3 is 2.61 bits per heavy atom. The van der Waals surface area contributed by atoms with E-state index in [4.69, 9.17) is 5.73 Å². The molecule has 0 spiro atoms. The summed E-state index contributed by atoms with van der Waals surface area (Å²) in [5.41, 5.74) is 7.29. The molecule has 2 atom stereocenters. The molecule has 1 aliphatic rings. The largest absolute Gasteiger partial charge is 0.352 e. The molecule has 23 heavy (non-hydrogen) atoms. The van der Waals surface area contributed by atoms with Gasteiger partial charge in [-0.25, -0.2) is 0 Å². The molecule has 0 bridgehead atoms. The van der Waals surface area contributed by atoms with E-state index in [0.717, 1.165) is 38.1 Å². The van der Waals surface area contributed by atoms with Gasteiger partial charge < -0.3 is 11.1 Å². The lowest BCUT2D eigenvalue weighted by Crippen LogP contribution is -2.50. The normalized spacial score (nSPS) is 19.3. The van der Waals surface area contributed by atoms with Gasteiger partial charge in [0.1, 0.15) is 0 Å². The number of carbonyl (C=O) groups excluding carboxylic acids is 1. The number of benzene rings is 1. The number of piperidine rings is 1. The van der Waals surface area contributed by atoms with Crippen LogP contribution in [0.5, 0.6) is 0 Å². The molecule has 2 rings (SSSR count). The Morgan fingerprint density at radius 1 is 1.35 bits per heavy atom. The monoisotopic (exact) mass is 335 g/mol. The Morgan fingerprint density at radius 2 is 2.00 bits per heavy atom. The van der Waals surface area contributed by atoms with E-state index in [1.807, 2.05) is 6.26 Å². The fraction of sp³-hybridized carbons (Fsp3) is 0.611. The van der Waals surface area contributed by atoms with E-state index in [9.17, 15) is 4.79 Å². The van der Waals surface area contributed by atoms with Crippen molar-refractivity contribution in [1.82, 2.24) is 10.2 Å². The number of hydrogen-bond donors (Lipinski definition) is 2. The van der Waals surface area contributed by atoms with Gasteiger partial charge in [0, 0.05) is 25.2 Å². The Labute approximate surface area is 144 Å². The zero-order valence-electron chi connectivity index (χ0n) is 14.2. The van der Waals surface area contributed by atoms with Crippen LogP contribution in [0.1, 0.15) is 37.8 Å². The van der Waals surface area contributed by atoms with Crippen molar-refractivity contribution in [3.05, 3.63) is 35.9 Å². The highest BCUT2D eigenvalue weighted by Crippen LogP contribution is 2.24. The molecule has 1 fully saturated rings. The predicted octanol–water partition coefficient (Wildman–Crippen LogP) is 2.41. The van der Waals surface area contributed by atoms with Gasteiger partial charge in [-0.3, -0.25) is 9.69 Å². The summed E-state index contributed by atoms with van der Waals surface area (Å²) in [5, 5.41) is 3.13. The van der Waals surface area contributed by atoms with Gasteiger partial charge in [0.15, 0.2) is 0 Å². The molecule has 5 heteroatoms. The second-order valence-corrected chi connectivity index (χ2v) is 7.28. The van der Waals surface area contributed by atoms with Crippen molar-refractivity contribution in [3.63, 3.8) is 0 Å². The summed E-state index contributed by atoms with van der Waals surface area (Å²) in [7, 11) is 0. The van der Waals surface area contributed by atoms with Crippen LogP contribution in [0.2, 0.25) is 0 Å². The van der Waals surface area contributed by atoms with E-state index in [1.54, 1.807) is 11.8 Å². The first-order valence-electron chi connectivity index (χ1n) is 8.45. The third-order valence-corrected chi connectivity index (χ3v) is 5.32. The third-order valence-electron chi connectivity index (χ3n) is 4.68. The highest BCUT2D eigenvalue weighted by molar-refractivity contribution is 7.98. The van der Waals surface area contributed by atoms with Crippen LogP contribution in [0.4, 0.5) is 0 Å². The lowest BCUT2D eigenvalue weighted by atomic mass is 10.00. The van der Waals surface area contributed by atoms with Crippen LogP contribution in [0, 0.1) is 0 Å². The molecule has 0 aliphatic carbocycles. The molecule has 1 aliphatic heterocycles. The second kappa shape index (κ2) is 9.30. The molecule has 0 radical (unpaired) electrons. The smallest absolute Gasteiger partial charge is 0.237 e. The minimum atomic E-state index is -0.372. The van der Waals surface area contributed by atoms with Crippen LogP contribution in [-0.4, -0.2) is 48.0 Å². The molecule has 1 unspecified atom stereocenters. The van der Waals surface area contributed by atoms with Crippen LogP contribution in [0.15, 0.2) is 30.3 Å². The van der Waals surface area contributed by atoms with Gasteiger partial charge in [0.2, 0.25) is 5.91 Å². The molecule has 1 amide bonds. The number of rotatable bonds is 7. The molecule has 1 saturated heterocycles. The molecule has 1 aromatic carbocycles. The van der Waals surface area contributed by atoms with Crippen molar-refractivity contribution in [1.29, 1.82) is 0 Å². The van der Waals surface area contributed by atoms with E-state index in [2.05, 4.69) is 47.5 Å². The third kappa shape index (κ3) is 5.52. The Kier molecular flexibility index (Phi) is 7.40. The summed E-state index contributed by atoms with van der Waals surface area (Å²) in [6.45, 7) is 4.29. The van der Waals surface area contributed by atoms with Crippen LogP contribution < -0.4 is 11.1 Å². The van der Waals surface area contributed by atoms with E-state index in [0.29, 0.717) is 6.04 Å². The fourth-order valence-electron chi connectivity index (χ4n) is 3.06. The minimum absolute atomic E-state index is 0.00797. The van der Waals surface area contributed by atoms with E-state index in [1.165, 1.54) is 5.56 Å². The van der Waals surface area contributed by atoms with Crippen LogP contribution in [0.3, 0.4) is 0 Å². The maximum atomic E-state index is 12.1. The van der Waals surface area contributed by atoms with Crippen molar-refractivity contribution in [2.45, 2.75) is 44.3 Å². The van der Waals surface area contributed by atoms with Gasteiger partial charge in [-0.1, -0.05) is 30.3 Å². The van der Waals surface area contributed by atoms with Gasteiger partial charge in [0.25, 0.3) is 0 Å². The van der Waals surface area contributed by atoms with Gasteiger partial charge in [-0.15, -0.1) is 0 Å². The van der Waals surface area contributed by atoms with Crippen LogP contribution >= 0.6 is 11.8 Å². The van der Waals surface area contributed by atoms with Crippen molar-refractivity contribution >= 4 is 17.7 Å². The molecular weight excluding hydrogens is 306 g/mol. The van der Waals surface area contributed by atoms with Gasteiger partial charge >= 0.3 is 0 Å². The number of nitrogens with one attached hydrogen (secondary N) is 1. The maximum Gasteiger partial charge on any atom is 0.237 e. The summed E-state index contributed by atoms with van der Waals surface area (Å²) < 4.78 is 0. The molecule has 128 valence electrons. The number of hydrogen-bond acceptors (Lipinski definition) is 4. The Balaban J connectivity index is 1.76. The molecule has 4 nitrogen and oxygen atoms in total. The standard InChI is InChI=1S/C18H29N3OS/c1-14(15-6-4-3-5-7-15)21-11-8-16(9-12-21)20-18(22)17(19)10-13-23-2/h3-7,14,16-17H,8-13,19H2,1-2H3,(H,20,22)/t14?,17-/m0/s1. The number of likely N-dealkylation sites (tertiary alicyclic amines) is 1. The van der Waals surface area contributed by atoms with E-state index in [-0.39, 0.29) is 18.0 Å². The zero-order chi connectivity index (χ0) is 16.7. The fourth-order valence-corrected chi connectivity index (χ4v) is 3.55. The predicted molar refractivity (Wildman–Crippen MR) is 98.6 cm³/mol. The molecule has 1 aromatic rings. The Hall–Kier alpha value is -1.04. The lowest BCUT2D eigenvalue weighted by Gasteiger charge is -2.36. The quantitative estimate of drug-likeness (QED) is 0.803. The number of thioether (sulfide) groups is 1. The molecule has 0 aromatic heterocycles. The van der Waals surface area contributed by atoms with Crippen molar-refractivity contribution in [2.75, 3.05) is 25.1 Å². The van der Waals surface area contributed by atoms with Gasteiger partial charge in [-0.2, -0.15) is 11.8 Å². The topological polar surface area (TPSA) is 58.4 Å². The summed E-state index contributed by atoms with van der Waals surface area (Å²) in [6, 6.07) is 10.9. The molecule has 1 heterocycles. The van der Waals surface area contributed by atoms with Gasteiger partial charge in [-0.05, 0) is 43.8 Å². The number of amides is 1. The summed E-state index contributed by atoms with van der Waals surface area (Å²) in [6.07, 6.45) is 4.78. The number of nitrogens with zero attached hydrogens (tertiary/aromatic N) is 1. The van der Waals surface area contributed by atoms with Crippen molar-refractivity contribution in [3.8, 4) is 0 Å².